The number of nitrogens with two attached hydrogens (primary N) is 1. The van der Waals surface area contributed by atoms with Crippen molar-refractivity contribution in [2.75, 3.05) is 11.9 Å². The molecule has 0 saturated carbocycles. The highest BCUT2D eigenvalue weighted by atomic mass is 16.3. The Labute approximate surface area is 135 Å². The first-order valence-electron chi connectivity index (χ1n) is 7.96. The van der Waals surface area contributed by atoms with E-state index in [0.717, 1.165) is 41.3 Å². The van der Waals surface area contributed by atoms with Crippen LogP contribution in [-0.2, 0) is 26.4 Å². The molecule has 3 N–H and O–H groups in total. The van der Waals surface area contributed by atoms with E-state index in [-0.39, 0.29) is 0 Å². The number of anilines is 1. The van der Waals surface area contributed by atoms with Crippen molar-refractivity contribution in [1.29, 1.82) is 0 Å². The fraction of sp³-hybridized carbons (Fsp3) is 0.412. The fourth-order valence-corrected chi connectivity index (χ4v) is 2.97. The lowest BCUT2D eigenvalue weighted by Crippen LogP contribution is -2.08. The van der Waals surface area contributed by atoms with Gasteiger partial charge in [-0.1, -0.05) is 6.92 Å². The van der Waals surface area contributed by atoms with E-state index in [9.17, 15) is 0 Å². The number of nitrogens with one attached hydrogen (secondary N) is 1. The summed E-state index contributed by atoms with van der Waals surface area (Å²) >= 11 is 0. The molecule has 0 aliphatic rings. The number of fused-ring (bicyclic) bond motifs is 1. The molecule has 3 heterocycles. The molecule has 0 spiro atoms. The summed E-state index contributed by atoms with van der Waals surface area (Å²) in [5.74, 6) is 2.57. The number of aryl methyl sites for hydroxylation is 3. The third-order valence-corrected chi connectivity index (χ3v) is 4.17. The van der Waals surface area contributed by atoms with E-state index < -0.39 is 0 Å². The number of nitrogens with zero attached hydrogens (tertiary/aromatic N) is 3. The molecular weight excluding hydrogens is 290 g/mol. The van der Waals surface area contributed by atoms with Gasteiger partial charge in [-0.3, -0.25) is 0 Å². The summed E-state index contributed by atoms with van der Waals surface area (Å²) in [5.41, 5.74) is 9.12. The maximum absolute atomic E-state index is 5.76. The topological polar surface area (TPSA) is 81.9 Å². The minimum Gasteiger partial charge on any atom is -0.467 e. The maximum Gasteiger partial charge on any atom is 0.146 e. The first kappa shape index (κ1) is 15.6. The Bertz CT molecular complexity index is 804. The van der Waals surface area contributed by atoms with E-state index in [4.69, 9.17) is 15.1 Å². The van der Waals surface area contributed by atoms with Gasteiger partial charge in [0.1, 0.15) is 23.0 Å². The Morgan fingerprint density at radius 1 is 1.35 bits per heavy atom. The Morgan fingerprint density at radius 3 is 2.83 bits per heavy atom. The molecule has 6 heteroatoms. The number of furan rings is 1. The highest BCUT2D eigenvalue weighted by Crippen LogP contribution is 2.29. The van der Waals surface area contributed by atoms with Crippen LogP contribution in [0.4, 0.5) is 5.82 Å². The minimum absolute atomic E-state index is 0.600. The molecule has 0 aliphatic heterocycles. The van der Waals surface area contributed by atoms with Crippen LogP contribution < -0.4 is 11.1 Å². The van der Waals surface area contributed by atoms with Gasteiger partial charge in [-0.05, 0) is 31.2 Å². The van der Waals surface area contributed by atoms with Crippen molar-refractivity contribution in [1.82, 2.24) is 14.5 Å². The van der Waals surface area contributed by atoms with Crippen molar-refractivity contribution in [3.8, 4) is 0 Å². The number of aromatic nitrogens is 3. The first-order chi connectivity index (χ1) is 11.2. The molecule has 0 unspecified atom stereocenters. The van der Waals surface area contributed by atoms with Crippen LogP contribution in [-0.4, -0.2) is 21.1 Å². The van der Waals surface area contributed by atoms with Crippen molar-refractivity contribution in [2.24, 2.45) is 12.8 Å². The summed E-state index contributed by atoms with van der Waals surface area (Å²) < 4.78 is 7.53. The van der Waals surface area contributed by atoms with Crippen LogP contribution in [0.5, 0.6) is 0 Å². The van der Waals surface area contributed by atoms with Gasteiger partial charge in [0.25, 0.3) is 0 Å². The highest BCUT2D eigenvalue weighted by Gasteiger charge is 2.18. The Hall–Kier alpha value is -2.34. The third kappa shape index (κ3) is 2.82. The fourth-order valence-electron chi connectivity index (χ4n) is 2.97. The summed E-state index contributed by atoms with van der Waals surface area (Å²) in [6.45, 7) is 5.39. The molecule has 0 aromatic carbocycles. The van der Waals surface area contributed by atoms with Crippen LogP contribution in [0, 0.1) is 6.92 Å². The molecule has 122 valence electrons. The lowest BCUT2D eigenvalue weighted by Gasteiger charge is -2.08. The molecule has 3 aromatic heterocycles. The summed E-state index contributed by atoms with van der Waals surface area (Å²) in [4.78, 5) is 9.40. The molecule has 0 bridgehead atoms. The quantitative estimate of drug-likeness (QED) is 0.731. The molecule has 0 atom stereocenters. The largest absolute Gasteiger partial charge is 0.467 e. The first-order valence-corrected chi connectivity index (χ1v) is 7.96. The van der Waals surface area contributed by atoms with Crippen molar-refractivity contribution < 1.29 is 4.42 Å². The number of hydrogen-bond acceptors (Lipinski definition) is 5. The minimum atomic E-state index is 0.600. The number of hydrogen-bond donors (Lipinski definition) is 2. The van der Waals surface area contributed by atoms with Gasteiger partial charge < -0.3 is 20.0 Å². The normalized spacial score (nSPS) is 11.3. The van der Waals surface area contributed by atoms with Gasteiger partial charge in [-0.2, -0.15) is 0 Å². The number of rotatable bonds is 6. The van der Waals surface area contributed by atoms with E-state index in [1.54, 1.807) is 6.26 Å². The van der Waals surface area contributed by atoms with Crippen LogP contribution >= 0.6 is 0 Å². The summed E-state index contributed by atoms with van der Waals surface area (Å²) in [7, 11) is 2.04. The van der Waals surface area contributed by atoms with Gasteiger partial charge in [0.05, 0.1) is 18.2 Å². The predicted octanol–water partition coefficient (Wildman–Crippen LogP) is 2.55. The molecule has 0 radical (unpaired) electrons. The summed E-state index contributed by atoms with van der Waals surface area (Å²) in [5, 5.41) is 4.47. The van der Waals surface area contributed by atoms with Crippen LogP contribution in [0.2, 0.25) is 0 Å². The summed E-state index contributed by atoms with van der Waals surface area (Å²) in [6, 6.07) is 3.83. The van der Waals surface area contributed by atoms with Crippen molar-refractivity contribution in [3.63, 3.8) is 0 Å². The lowest BCUT2D eigenvalue weighted by molar-refractivity contribution is 0.518. The van der Waals surface area contributed by atoms with Crippen molar-refractivity contribution in [3.05, 3.63) is 41.2 Å². The molecule has 0 aliphatic carbocycles. The average molecular weight is 313 g/mol. The summed E-state index contributed by atoms with van der Waals surface area (Å²) in [6.07, 6.45) is 3.30. The molecule has 0 fully saturated rings. The van der Waals surface area contributed by atoms with Gasteiger partial charge in [0.15, 0.2) is 0 Å². The Morgan fingerprint density at radius 2 is 2.17 bits per heavy atom. The zero-order chi connectivity index (χ0) is 16.4. The highest BCUT2D eigenvalue weighted by molar-refractivity contribution is 5.92. The molecule has 0 amide bonds. The van der Waals surface area contributed by atoms with Crippen molar-refractivity contribution in [2.45, 2.75) is 33.2 Å². The van der Waals surface area contributed by atoms with E-state index in [0.29, 0.717) is 13.1 Å². The monoisotopic (exact) mass is 313 g/mol. The van der Waals surface area contributed by atoms with Crippen molar-refractivity contribution >= 4 is 16.9 Å². The second-order valence-electron chi connectivity index (χ2n) is 5.64. The predicted molar refractivity (Wildman–Crippen MR) is 91.4 cm³/mol. The van der Waals surface area contributed by atoms with Crippen LogP contribution in [0.15, 0.2) is 22.8 Å². The van der Waals surface area contributed by atoms with E-state index in [1.165, 1.54) is 11.3 Å². The van der Waals surface area contributed by atoms with Gasteiger partial charge in [0, 0.05) is 25.6 Å². The average Bonchev–Trinajstić information content (AvgIpc) is 3.16. The molecule has 23 heavy (non-hydrogen) atoms. The Balaban J connectivity index is 2.08. The standard InChI is InChI=1S/C17H23N5O/c1-4-14-20-16(19-10-12-6-5-9-23-12)15-11(2)13(7-8-18)22(3)17(15)21-14/h5-6,9H,4,7-8,10,18H2,1-3H3,(H,19,20,21). The van der Waals surface area contributed by atoms with Gasteiger partial charge in [-0.25, -0.2) is 9.97 Å². The molecule has 0 saturated heterocycles. The molecule has 3 aromatic rings. The zero-order valence-electron chi connectivity index (χ0n) is 13.9. The second kappa shape index (κ2) is 6.42. The van der Waals surface area contributed by atoms with Crippen LogP contribution in [0.1, 0.15) is 29.8 Å². The van der Waals surface area contributed by atoms with Crippen LogP contribution in [0.3, 0.4) is 0 Å². The molecule has 6 nitrogen and oxygen atoms in total. The van der Waals surface area contributed by atoms with E-state index in [2.05, 4.69) is 28.7 Å². The lowest BCUT2D eigenvalue weighted by atomic mass is 10.1. The third-order valence-electron chi connectivity index (χ3n) is 4.17. The molecular formula is C17H23N5O. The van der Waals surface area contributed by atoms with Gasteiger partial charge in [-0.15, -0.1) is 0 Å². The van der Waals surface area contributed by atoms with Gasteiger partial charge in [0.2, 0.25) is 0 Å². The van der Waals surface area contributed by atoms with Crippen LogP contribution in [0.25, 0.3) is 11.0 Å². The van der Waals surface area contributed by atoms with E-state index >= 15 is 0 Å². The zero-order valence-corrected chi connectivity index (χ0v) is 13.9. The molecule has 3 rings (SSSR count). The second-order valence-corrected chi connectivity index (χ2v) is 5.64. The maximum atomic E-state index is 5.76. The Kier molecular flexibility index (Phi) is 4.34. The van der Waals surface area contributed by atoms with Gasteiger partial charge >= 0.3 is 0 Å². The van der Waals surface area contributed by atoms with E-state index in [1.807, 2.05) is 19.2 Å². The SMILES string of the molecule is CCc1nc(NCc2ccco2)c2c(C)c(CCN)n(C)c2n1. The smallest absolute Gasteiger partial charge is 0.146 e.